The predicted molar refractivity (Wildman–Crippen MR) is 54.5 cm³/mol. The van der Waals surface area contributed by atoms with Gasteiger partial charge in [-0.1, -0.05) is 0 Å². The van der Waals surface area contributed by atoms with Gasteiger partial charge in [-0.15, -0.1) is 0 Å². The number of aliphatic hydroxyl groups is 1. The summed E-state index contributed by atoms with van der Waals surface area (Å²) in [5.74, 6) is 0.525. The van der Waals surface area contributed by atoms with Gasteiger partial charge in [-0.25, -0.2) is 0 Å². The van der Waals surface area contributed by atoms with Crippen molar-refractivity contribution in [2.75, 3.05) is 13.7 Å². The van der Waals surface area contributed by atoms with Crippen molar-refractivity contribution in [3.8, 4) is 0 Å². The molecule has 0 aliphatic rings. The zero-order valence-corrected chi connectivity index (χ0v) is 9.39. The number of nitrogens with one attached hydrogen (secondary N) is 1. The van der Waals surface area contributed by atoms with Gasteiger partial charge in [0.15, 0.2) is 10.6 Å². The van der Waals surface area contributed by atoms with Gasteiger partial charge in [0.25, 0.3) is 0 Å². The van der Waals surface area contributed by atoms with Crippen molar-refractivity contribution in [2.45, 2.75) is 26.0 Å². The third-order valence-corrected chi connectivity index (χ3v) is 2.26. The van der Waals surface area contributed by atoms with Crippen molar-refractivity contribution >= 4 is 12.2 Å². The van der Waals surface area contributed by atoms with Gasteiger partial charge in [0.2, 0.25) is 0 Å². The Bertz CT molecular complexity index is 356. The van der Waals surface area contributed by atoms with E-state index in [1.54, 1.807) is 11.7 Å². The Hall–Kier alpha value is -0.720. The number of aromatic nitrogens is 3. The molecule has 0 saturated heterocycles. The lowest BCUT2D eigenvalue weighted by Crippen LogP contribution is -2.33. The maximum absolute atomic E-state index is 9.07. The molecule has 0 fully saturated rings. The highest BCUT2D eigenvalue weighted by Crippen LogP contribution is 2.17. The Morgan fingerprint density at radius 1 is 1.64 bits per heavy atom. The van der Waals surface area contributed by atoms with Crippen LogP contribution in [0.2, 0.25) is 0 Å². The monoisotopic (exact) mass is 217 g/mol. The maximum atomic E-state index is 9.07. The maximum Gasteiger partial charge on any atom is 0.195 e. The van der Waals surface area contributed by atoms with Gasteiger partial charge >= 0.3 is 0 Å². The fraction of sp³-hybridized carbons (Fsp3) is 0.750. The number of methoxy groups -OCH3 is 1. The molecule has 6 heteroatoms. The minimum absolute atomic E-state index is 0.139. The molecular weight excluding hydrogens is 202 g/mol. The predicted octanol–water partition coefficient (Wildman–Crippen LogP) is 0.814. The van der Waals surface area contributed by atoms with Gasteiger partial charge in [-0.3, -0.25) is 9.67 Å². The highest BCUT2D eigenvalue weighted by molar-refractivity contribution is 7.71. The SMILES string of the molecule is COCC(C)(C)n1c(CO)n[nH]c1=S. The minimum atomic E-state index is -0.309. The second-order valence-corrected chi connectivity index (χ2v) is 4.07. The molecule has 0 aliphatic carbocycles. The summed E-state index contributed by atoms with van der Waals surface area (Å²) in [5, 5.41) is 15.6. The number of aromatic amines is 1. The van der Waals surface area contributed by atoms with Crippen LogP contribution in [0.3, 0.4) is 0 Å². The lowest BCUT2D eigenvalue weighted by Gasteiger charge is -2.26. The molecule has 80 valence electrons. The number of hydrogen-bond donors (Lipinski definition) is 2. The summed E-state index contributed by atoms with van der Waals surface area (Å²) in [6.45, 7) is 4.32. The molecule has 5 nitrogen and oxygen atoms in total. The summed E-state index contributed by atoms with van der Waals surface area (Å²) < 4.78 is 7.36. The molecule has 0 aromatic carbocycles. The standard InChI is InChI=1S/C8H15N3O2S/c1-8(2,5-13-3)11-6(4-12)9-10-7(11)14/h12H,4-5H2,1-3H3,(H,10,14). The third kappa shape index (κ3) is 2.02. The summed E-state index contributed by atoms with van der Waals surface area (Å²) in [6.07, 6.45) is 0. The van der Waals surface area contributed by atoms with Crippen molar-refractivity contribution in [3.05, 3.63) is 10.6 Å². The topological polar surface area (TPSA) is 63.1 Å². The Morgan fingerprint density at radius 3 is 2.79 bits per heavy atom. The van der Waals surface area contributed by atoms with E-state index in [1.807, 2.05) is 13.8 Å². The molecule has 1 aromatic rings. The van der Waals surface area contributed by atoms with Crippen molar-refractivity contribution in [1.29, 1.82) is 0 Å². The van der Waals surface area contributed by atoms with Crippen molar-refractivity contribution in [2.24, 2.45) is 0 Å². The van der Waals surface area contributed by atoms with Crippen molar-refractivity contribution < 1.29 is 9.84 Å². The van der Waals surface area contributed by atoms with Crippen LogP contribution in [0.1, 0.15) is 19.7 Å². The van der Waals surface area contributed by atoms with E-state index in [1.165, 1.54) is 0 Å². The first-order chi connectivity index (χ1) is 6.53. The summed E-state index contributed by atoms with van der Waals surface area (Å²) in [7, 11) is 1.63. The van der Waals surface area contributed by atoms with E-state index in [-0.39, 0.29) is 12.1 Å². The second-order valence-electron chi connectivity index (χ2n) is 3.68. The summed E-state index contributed by atoms with van der Waals surface area (Å²) >= 11 is 5.08. The van der Waals surface area contributed by atoms with Crippen LogP contribution in [0.4, 0.5) is 0 Å². The molecule has 0 saturated carbocycles. The van der Waals surface area contributed by atoms with Crippen LogP contribution in [-0.2, 0) is 16.9 Å². The van der Waals surface area contributed by atoms with E-state index in [2.05, 4.69) is 10.2 Å². The lowest BCUT2D eigenvalue weighted by atomic mass is 10.1. The summed E-state index contributed by atoms with van der Waals surface area (Å²) in [5.41, 5.74) is -0.309. The number of H-pyrrole nitrogens is 1. The Labute approximate surface area is 87.7 Å². The second kappa shape index (κ2) is 4.20. The molecule has 0 atom stereocenters. The van der Waals surface area contributed by atoms with Crippen LogP contribution in [-0.4, -0.2) is 33.6 Å². The fourth-order valence-corrected chi connectivity index (χ4v) is 1.88. The van der Waals surface area contributed by atoms with Crippen LogP contribution in [0.25, 0.3) is 0 Å². The van der Waals surface area contributed by atoms with Crippen LogP contribution in [0.15, 0.2) is 0 Å². The average molecular weight is 217 g/mol. The quantitative estimate of drug-likeness (QED) is 0.733. The van der Waals surface area contributed by atoms with Crippen LogP contribution in [0, 0.1) is 4.77 Å². The molecule has 0 spiro atoms. The van der Waals surface area contributed by atoms with Gasteiger partial charge in [0.1, 0.15) is 6.61 Å². The zero-order valence-electron chi connectivity index (χ0n) is 8.57. The molecular formula is C8H15N3O2S. The first-order valence-electron chi connectivity index (χ1n) is 4.29. The highest BCUT2D eigenvalue weighted by atomic mass is 32.1. The summed E-state index contributed by atoms with van der Waals surface area (Å²) in [4.78, 5) is 0. The molecule has 0 unspecified atom stereocenters. The highest BCUT2D eigenvalue weighted by Gasteiger charge is 2.24. The summed E-state index contributed by atoms with van der Waals surface area (Å²) in [6, 6.07) is 0. The van der Waals surface area contributed by atoms with Crippen LogP contribution >= 0.6 is 12.2 Å². The zero-order chi connectivity index (χ0) is 10.8. The average Bonchev–Trinajstić information content (AvgIpc) is 2.47. The van der Waals surface area contributed by atoms with Gasteiger partial charge in [0, 0.05) is 7.11 Å². The van der Waals surface area contributed by atoms with E-state index in [4.69, 9.17) is 22.1 Å². The van der Waals surface area contributed by atoms with E-state index in [9.17, 15) is 0 Å². The van der Waals surface area contributed by atoms with E-state index < -0.39 is 0 Å². The molecule has 0 bridgehead atoms. The number of hydrogen-bond acceptors (Lipinski definition) is 4. The number of ether oxygens (including phenoxy) is 1. The normalized spacial score (nSPS) is 12.0. The molecule has 14 heavy (non-hydrogen) atoms. The van der Waals surface area contributed by atoms with Crippen molar-refractivity contribution in [1.82, 2.24) is 14.8 Å². The lowest BCUT2D eigenvalue weighted by molar-refractivity contribution is 0.103. The van der Waals surface area contributed by atoms with E-state index in [0.717, 1.165) is 0 Å². The molecule has 0 radical (unpaired) electrons. The Morgan fingerprint density at radius 2 is 2.29 bits per heavy atom. The first kappa shape index (κ1) is 11.4. The van der Waals surface area contributed by atoms with Crippen molar-refractivity contribution in [3.63, 3.8) is 0 Å². The first-order valence-corrected chi connectivity index (χ1v) is 4.70. The van der Waals surface area contributed by atoms with Gasteiger partial charge < -0.3 is 9.84 Å². The molecule has 1 heterocycles. The number of aliphatic hydroxyl groups excluding tert-OH is 1. The minimum Gasteiger partial charge on any atom is -0.388 e. The van der Waals surface area contributed by atoms with E-state index >= 15 is 0 Å². The fourth-order valence-electron chi connectivity index (χ4n) is 1.48. The van der Waals surface area contributed by atoms with Gasteiger partial charge in [0.05, 0.1) is 12.1 Å². The van der Waals surface area contributed by atoms with E-state index in [0.29, 0.717) is 17.2 Å². The molecule has 2 N–H and O–H groups in total. The largest absolute Gasteiger partial charge is 0.388 e. The Balaban J connectivity index is 3.15. The van der Waals surface area contributed by atoms with Gasteiger partial charge in [-0.2, -0.15) is 5.10 Å². The third-order valence-electron chi connectivity index (χ3n) is 1.99. The number of rotatable bonds is 4. The smallest absolute Gasteiger partial charge is 0.195 e. The molecule has 0 amide bonds. The molecule has 1 aromatic heterocycles. The molecule has 1 rings (SSSR count). The Kier molecular flexibility index (Phi) is 3.41. The molecule has 0 aliphatic heterocycles. The number of nitrogens with zero attached hydrogens (tertiary/aromatic N) is 2. The van der Waals surface area contributed by atoms with Crippen LogP contribution < -0.4 is 0 Å². The van der Waals surface area contributed by atoms with Crippen LogP contribution in [0.5, 0.6) is 0 Å². The van der Waals surface area contributed by atoms with Gasteiger partial charge in [-0.05, 0) is 26.1 Å².